The van der Waals surface area contributed by atoms with E-state index in [4.69, 9.17) is 4.74 Å². The van der Waals surface area contributed by atoms with E-state index in [-0.39, 0.29) is 10.7 Å². The lowest BCUT2D eigenvalue weighted by Crippen LogP contribution is -2.41. The van der Waals surface area contributed by atoms with Crippen LogP contribution < -0.4 is 9.64 Å². The molecule has 0 saturated carbocycles. The molecule has 17 heavy (non-hydrogen) atoms. The van der Waals surface area contributed by atoms with Gasteiger partial charge in [-0.2, -0.15) is 0 Å². The first-order valence-electron chi connectivity index (χ1n) is 5.82. The molecule has 1 aliphatic heterocycles. The highest BCUT2D eigenvalue weighted by atomic mass is 79.9. The monoisotopic (exact) mass is 297 g/mol. The summed E-state index contributed by atoms with van der Waals surface area (Å²) in [4.78, 5) is 13.9. The predicted octanol–water partition coefficient (Wildman–Crippen LogP) is 2.89. The summed E-state index contributed by atoms with van der Waals surface area (Å²) in [7, 11) is 0. The zero-order valence-corrected chi connectivity index (χ0v) is 11.7. The summed E-state index contributed by atoms with van der Waals surface area (Å²) < 4.78 is 5.56. The number of halogens is 1. The van der Waals surface area contributed by atoms with Gasteiger partial charge in [-0.15, -0.1) is 0 Å². The molecule has 1 aromatic carbocycles. The standard InChI is InChI=1S/C13H16BrNO2/c1-3-10(14)13(16)15-6-7-17-12-5-4-9(2)8-11(12)15/h4-5,8,10H,3,6-7H2,1-2H3/t10-/m0/s1. The SMILES string of the molecule is CC[C@H](Br)C(=O)N1CCOc2ccc(C)cc21. The average molecular weight is 298 g/mol. The van der Waals surface area contributed by atoms with Gasteiger partial charge in [0.25, 0.3) is 0 Å². The van der Waals surface area contributed by atoms with Crippen LogP contribution in [0, 0.1) is 6.92 Å². The van der Waals surface area contributed by atoms with Gasteiger partial charge in [0.05, 0.1) is 17.1 Å². The number of benzene rings is 1. The summed E-state index contributed by atoms with van der Waals surface area (Å²) in [6, 6.07) is 5.93. The van der Waals surface area contributed by atoms with Gasteiger partial charge in [-0.05, 0) is 31.0 Å². The van der Waals surface area contributed by atoms with E-state index < -0.39 is 0 Å². The molecule has 1 amide bonds. The van der Waals surface area contributed by atoms with Crippen molar-refractivity contribution in [3.63, 3.8) is 0 Å². The first kappa shape index (κ1) is 12.4. The van der Waals surface area contributed by atoms with Gasteiger partial charge in [0.15, 0.2) is 0 Å². The Morgan fingerprint density at radius 2 is 2.35 bits per heavy atom. The van der Waals surface area contributed by atoms with Crippen LogP contribution in [0.2, 0.25) is 0 Å². The summed E-state index contributed by atoms with van der Waals surface area (Å²) >= 11 is 3.42. The fourth-order valence-corrected chi connectivity index (χ4v) is 2.15. The van der Waals surface area contributed by atoms with Crippen molar-refractivity contribution in [3.05, 3.63) is 23.8 Å². The molecule has 0 spiro atoms. The number of hydrogen-bond acceptors (Lipinski definition) is 2. The molecule has 1 heterocycles. The minimum Gasteiger partial charge on any atom is -0.490 e. The fraction of sp³-hybridized carbons (Fsp3) is 0.462. The van der Waals surface area contributed by atoms with Crippen LogP contribution in [0.1, 0.15) is 18.9 Å². The first-order chi connectivity index (χ1) is 8.13. The van der Waals surface area contributed by atoms with Crippen molar-refractivity contribution in [2.45, 2.75) is 25.1 Å². The van der Waals surface area contributed by atoms with Crippen LogP contribution in [-0.4, -0.2) is 23.9 Å². The third-order valence-electron chi connectivity index (χ3n) is 2.87. The van der Waals surface area contributed by atoms with Crippen molar-refractivity contribution in [2.24, 2.45) is 0 Å². The predicted molar refractivity (Wildman–Crippen MR) is 72.0 cm³/mol. The lowest BCUT2D eigenvalue weighted by Gasteiger charge is -2.31. The van der Waals surface area contributed by atoms with Gasteiger partial charge in [-0.25, -0.2) is 0 Å². The summed E-state index contributed by atoms with van der Waals surface area (Å²) in [6.07, 6.45) is 0.789. The second-order valence-corrected chi connectivity index (χ2v) is 5.29. The number of carbonyl (C=O) groups excluding carboxylic acids is 1. The molecule has 2 rings (SSSR count). The number of rotatable bonds is 2. The van der Waals surface area contributed by atoms with Crippen LogP contribution in [0.5, 0.6) is 5.75 Å². The van der Waals surface area contributed by atoms with E-state index in [1.54, 1.807) is 0 Å². The summed E-state index contributed by atoms with van der Waals surface area (Å²) in [5.41, 5.74) is 2.02. The van der Waals surface area contributed by atoms with Crippen molar-refractivity contribution in [2.75, 3.05) is 18.1 Å². The highest BCUT2D eigenvalue weighted by molar-refractivity contribution is 9.10. The molecule has 0 unspecified atom stereocenters. The Kier molecular flexibility index (Phi) is 3.72. The molecule has 1 aromatic rings. The third kappa shape index (κ3) is 2.46. The number of carbonyl (C=O) groups is 1. The summed E-state index contributed by atoms with van der Waals surface area (Å²) in [6.45, 7) is 5.19. The van der Waals surface area contributed by atoms with E-state index in [9.17, 15) is 4.79 Å². The van der Waals surface area contributed by atoms with Crippen molar-refractivity contribution in [1.82, 2.24) is 0 Å². The van der Waals surface area contributed by atoms with Gasteiger partial charge < -0.3 is 9.64 Å². The van der Waals surface area contributed by atoms with Gasteiger partial charge in [-0.3, -0.25) is 4.79 Å². The smallest absolute Gasteiger partial charge is 0.240 e. The number of amides is 1. The lowest BCUT2D eigenvalue weighted by molar-refractivity contribution is -0.118. The number of nitrogens with zero attached hydrogens (tertiary/aromatic N) is 1. The Bertz CT molecular complexity index is 433. The second-order valence-electron chi connectivity index (χ2n) is 4.19. The topological polar surface area (TPSA) is 29.5 Å². The average Bonchev–Trinajstić information content (AvgIpc) is 2.36. The largest absolute Gasteiger partial charge is 0.490 e. The van der Waals surface area contributed by atoms with E-state index in [0.29, 0.717) is 13.2 Å². The zero-order valence-electron chi connectivity index (χ0n) is 10.1. The van der Waals surface area contributed by atoms with E-state index in [1.807, 2.05) is 36.9 Å². The Morgan fingerprint density at radius 1 is 1.59 bits per heavy atom. The maximum absolute atomic E-state index is 12.2. The number of ether oxygens (including phenoxy) is 1. The molecule has 0 aliphatic carbocycles. The highest BCUT2D eigenvalue weighted by Gasteiger charge is 2.27. The normalized spacial score (nSPS) is 16.1. The Labute approximate surface area is 110 Å². The van der Waals surface area contributed by atoms with Gasteiger partial charge in [-0.1, -0.05) is 28.9 Å². The molecule has 1 atom stereocenters. The van der Waals surface area contributed by atoms with Crippen LogP contribution >= 0.6 is 15.9 Å². The molecular weight excluding hydrogens is 282 g/mol. The van der Waals surface area contributed by atoms with Crippen LogP contribution in [-0.2, 0) is 4.79 Å². The molecule has 0 bridgehead atoms. The molecule has 1 aliphatic rings. The van der Waals surface area contributed by atoms with Gasteiger partial charge >= 0.3 is 0 Å². The van der Waals surface area contributed by atoms with Crippen LogP contribution in [0.4, 0.5) is 5.69 Å². The van der Waals surface area contributed by atoms with Crippen LogP contribution in [0.3, 0.4) is 0 Å². The van der Waals surface area contributed by atoms with Gasteiger partial charge in [0.2, 0.25) is 5.91 Å². The highest BCUT2D eigenvalue weighted by Crippen LogP contribution is 2.33. The number of fused-ring (bicyclic) bond motifs is 1. The fourth-order valence-electron chi connectivity index (χ4n) is 1.90. The molecule has 0 fully saturated rings. The lowest BCUT2D eigenvalue weighted by atomic mass is 10.1. The van der Waals surface area contributed by atoms with E-state index in [0.717, 1.165) is 23.4 Å². The first-order valence-corrected chi connectivity index (χ1v) is 6.74. The molecule has 0 aromatic heterocycles. The minimum absolute atomic E-state index is 0.114. The maximum Gasteiger partial charge on any atom is 0.240 e. The number of anilines is 1. The summed E-state index contributed by atoms with van der Waals surface area (Å²) in [5.74, 6) is 0.911. The number of hydrogen-bond donors (Lipinski definition) is 0. The third-order valence-corrected chi connectivity index (χ3v) is 3.91. The molecule has 92 valence electrons. The number of alkyl halides is 1. The summed E-state index contributed by atoms with van der Waals surface area (Å²) in [5, 5.41) is 0. The van der Waals surface area contributed by atoms with E-state index >= 15 is 0 Å². The second kappa shape index (κ2) is 5.08. The minimum atomic E-state index is -0.117. The molecule has 0 saturated heterocycles. The van der Waals surface area contributed by atoms with Crippen LogP contribution in [0.25, 0.3) is 0 Å². The quantitative estimate of drug-likeness (QED) is 0.786. The van der Waals surface area contributed by atoms with Crippen LogP contribution in [0.15, 0.2) is 18.2 Å². The van der Waals surface area contributed by atoms with Crippen molar-refractivity contribution in [3.8, 4) is 5.75 Å². The van der Waals surface area contributed by atoms with Crippen molar-refractivity contribution in [1.29, 1.82) is 0 Å². The van der Waals surface area contributed by atoms with Gasteiger partial charge in [0, 0.05) is 0 Å². The van der Waals surface area contributed by atoms with Crippen molar-refractivity contribution < 1.29 is 9.53 Å². The Balaban J connectivity index is 2.34. The number of aryl methyl sites for hydroxylation is 1. The Hall–Kier alpha value is -1.03. The van der Waals surface area contributed by atoms with Gasteiger partial charge in [0.1, 0.15) is 12.4 Å². The molecule has 4 heteroatoms. The van der Waals surface area contributed by atoms with E-state index in [2.05, 4.69) is 15.9 Å². The van der Waals surface area contributed by atoms with E-state index in [1.165, 1.54) is 0 Å². The zero-order chi connectivity index (χ0) is 12.4. The molecule has 3 nitrogen and oxygen atoms in total. The molecule has 0 N–H and O–H groups in total. The Morgan fingerprint density at radius 3 is 3.06 bits per heavy atom. The molecular formula is C13H16BrNO2. The van der Waals surface area contributed by atoms with Crippen molar-refractivity contribution >= 4 is 27.5 Å². The molecule has 0 radical (unpaired) electrons. The maximum atomic E-state index is 12.2.